The molecule has 1 saturated heterocycles. The van der Waals surface area contributed by atoms with E-state index in [2.05, 4.69) is 39.7 Å². The first-order valence-corrected chi connectivity index (χ1v) is 12.4. The molecule has 3 atom stereocenters. The number of aromatic nitrogens is 4. The second-order valence-corrected chi connectivity index (χ2v) is 9.36. The lowest BCUT2D eigenvalue weighted by Crippen LogP contribution is -2.51. The molecule has 10 heteroatoms. The molecule has 4 rings (SSSR count). The van der Waals surface area contributed by atoms with Gasteiger partial charge in [-0.05, 0) is 44.7 Å². The van der Waals surface area contributed by atoms with Crippen LogP contribution in [0.25, 0.3) is 10.9 Å². The first-order valence-electron chi connectivity index (χ1n) is 11.2. The van der Waals surface area contributed by atoms with Crippen LogP contribution in [0.15, 0.2) is 30.5 Å². The number of pyridine rings is 2. The van der Waals surface area contributed by atoms with Crippen molar-refractivity contribution in [1.29, 1.82) is 0 Å². The van der Waals surface area contributed by atoms with Gasteiger partial charge >= 0.3 is 0 Å². The molecule has 9 nitrogen and oxygen atoms in total. The van der Waals surface area contributed by atoms with E-state index in [1.54, 1.807) is 10.5 Å². The number of thiol groups is 1. The van der Waals surface area contributed by atoms with E-state index in [4.69, 9.17) is 4.98 Å². The summed E-state index contributed by atoms with van der Waals surface area (Å²) in [5, 5.41) is 15.0. The van der Waals surface area contributed by atoms with Crippen LogP contribution in [0.1, 0.15) is 51.6 Å². The number of anilines is 3. The average Bonchev–Trinajstić information content (AvgIpc) is 3.17. The largest absolute Gasteiger partial charge is 0.367 e. The third kappa shape index (κ3) is 4.86. The van der Waals surface area contributed by atoms with Crippen molar-refractivity contribution < 1.29 is 8.42 Å². The summed E-state index contributed by atoms with van der Waals surface area (Å²) >= 11 is 0. The van der Waals surface area contributed by atoms with Crippen molar-refractivity contribution in [2.45, 2.75) is 71.0 Å². The van der Waals surface area contributed by atoms with Gasteiger partial charge in [-0.25, -0.2) is 13.4 Å². The van der Waals surface area contributed by atoms with Crippen LogP contribution < -0.4 is 10.6 Å². The van der Waals surface area contributed by atoms with E-state index < -0.39 is 10.9 Å². The van der Waals surface area contributed by atoms with Gasteiger partial charge in [0.25, 0.3) is 0 Å². The van der Waals surface area contributed by atoms with Crippen molar-refractivity contribution in [2.24, 2.45) is 0 Å². The smallest absolute Gasteiger partial charge is 0.204 e. The predicted octanol–water partition coefficient (Wildman–Crippen LogP) is 3.75. The standard InChI is InChI=1S/C22H31N7O2S/c1-4-7-17-12-15(11-16(5-2)29(17)32(30)31)24-22-18-8-6-9-23-19(18)13-20(26-22)25-21-10-14(3)27-28-21/h6,8-10,13,15-17,32H,4-5,7,11-12H2,1-3H3,(H3,24,25,26,27,28)/t15-,16-,17+/m1/s1. The minimum Gasteiger partial charge on any atom is -0.367 e. The van der Waals surface area contributed by atoms with Crippen molar-refractivity contribution >= 4 is 39.2 Å². The lowest BCUT2D eigenvalue weighted by molar-refractivity contribution is 0.162. The van der Waals surface area contributed by atoms with Gasteiger partial charge in [-0.3, -0.25) is 10.1 Å². The Bertz CT molecular complexity index is 1140. The number of fused-ring (bicyclic) bond motifs is 1. The SMILES string of the molecule is CCC[C@H]1C[C@H](Nc2nc(Nc3cc(C)[nH]n3)cc3ncccc23)C[C@@H](CC)N1[SH](=O)=O. The summed E-state index contributed by atoms with van der Waals surface area (Å²) in [6, 6.07) is 7.86. The summed E-state index contributed by atoms with van der Waals surface area (Å²) in [5.41, 5.74) is 1.79. The topological polar surface area (TPSA) is 116 Å². The molecule has 3 aromatic heterocycles. The van der Waals surface area contributed by atoms with Crippen LogP contribution in [0.5, 0.6) is 0 Å². The Morgan fingerprint density at radius 3 is 2.69 bits per heavy atom. The normalized spacial score (nSPS) is 21.8. The minimum atomic E-state index is -2.59. The molecule has 0 bridgehead atoms. The molecule has 1 fully saturated rings. The molecule has 0 saturated carbocycles. The summed E-state index contributed by atoms with van der Waals surface area (Å²) in [4.78, 5) is 9.34. The minimum absolute atomic E-state index is 0.00311. The maximum atomic E-state index is 12.0. The highest BCUT2D eigenvalue weighted by Crippen LogP contribution is 2.32. The average molecular weight is 458 g/mol. The van der Waals surface area contributed by atoms with Gasteiger partial charge in [0.1, 0.15) is 11.6 Å². The van der Waals surface area contributed by atoms with E-state index >= 15 is 0 Å². The van der Waals surface area contributed by atoms with Crippen LogP contribution >= 0.6 is 0 Å². The molecule has 1 aliphatic heterocycles. The van der Waals surface area contributed by atoms with E-state index in [0.29, 0.717) is 11.6 Å². The number of aromatic amines is 1. The van der Waals surface area contributed by atoms with Crippen LogP contribution in [-0.4, -0.2) is 51.0 Å². The zero-order chi connectivity index (χ0) is 22.7. The third-order valence-corrected chi connectivity index (χ3v) is 7.08. The molecule has 0 radical (unpaired) electrons. The van der Waals surface area contributed by atoms with Crippen molar-refractivity contribution in [3.05, 3.63) is 36.2 Å². The molecular weight excluding hydrogens is 426 g/mol. The number of hydrogen-bond donors (Lipinski definition) is 4. The second kappa shape index (κ2) is 9.83. The van der Waals surface area contributed by atoms with Crippen molar-refractivity contribution in [1.82, 2.24) is 24.5 Å². The lowest BCUT2D eigenvalue weighted by atomic mass is 9.90. The fourth-order valence-corrected chi connectivity index (χ4v) is 5.65. The molecule has 3 N–H and O–H groups in total. The molecule has 32 heavy (non-hydrogen) atoms. The Kier molecular flexibility index (Phi) is 6.90. The molecule has 0 aromatic carbocycles. The monoisotopic (exact) mass is 457 g/mol. The van der Waals surface area contributed by atoms with Gasteiger partial charge in [0.15, 0.2) is 5.82 Å². The van der Waals surface area contributed by atoms with Gasteiger partial charge in [0.2, 0.25) is 10.9 Å². The van der Waals surface area contributed by atoms with E-state index in [1.165, 1.54) is 0 Å². The molecule has 0 unspecified atom stereocenters. The second-order valence-electron chi connectivity index (χ2n) is 8.42. The molecule has 3 aromatic rings. The van der Waals surface area contributed by atoms with Gasteiger partial charge < -0.3 is 10.6 Å². The number of H-pyrrole nitrogens is 1. The fraction of sp³-hybridized carbons (Fsp3) is 0.500. The quantitative estimate of drug-likeness (QED) is 0.381. The maximum Gasteiger partial charge on any atom is 0.204 e. The van der Waals surface area contributed by atoms with Crippen LogP contribution in [0.4, 0.5) is 17.5 Å². The molecule has 1 aliphatic rings. The van der Waals surface area contributed by atoms with Gasteiger partial charge in [-0.2, -0.15) is 9.40 Å². The van der Waals surface area contributed by atoms with Gasteiger partial charge in [-0.1, -0.05) is 20.3 Å². The van der Waals surface area contributed by atoms with Crippen molar-refractivity contribution in [2.75, 3.05) is 10.6 Å². The Hall–Kier alpha value is -2.72. The number of piperidine rings is 1. The van der Waals surface area contributed by atoms with Crippen LogP contribution in [0.3, 0.4) is 0 Å². The van der Waals surface area contributed by atoms with E-state index in [0.717, 1.165) is 54.5 Å². The summed E-state index contributed by atoms with van der Waals surface area (Å²) in [5.74, 6) is 2.10. The Morgan fingerprint density at radius 1 is 1.19 bits per heavy atom. The number of aryl methyl sites for hydroxylation is 1. The Morgan fingerprint density at radius 2 is 2.00 bits per heavy atom. The summed E-state index contributed by atoms with van der Waals surface area (Å²) in [6.45, 7) is 6.09. The van der Waals surface area contributed by atoms with E-state index in [-0.39, 0.29) is 18.1 Å². The van der Waals surface area contributed by atoms with Crippen LogP contribution in [0.2, 0.25) is 0 Å². The van der Waals surface area contributed by atoms with Crippen LogP contribution in [0, 0.1) is 6.92 Å². The number of hydrogen-bond acceptors (Lipinski definition) is 7. The highest BCUT2D eigenvalue weighted by atomic mass is 32.2. The fourth-order valence-electron chi connectivity index (χ4n) is 4.64. The zero-order valence-corrected chi connectivity index (χ0v) is 19.6. The zero-order valence-electron chi connectivity index (χ0n) is 18.7. The maximum absolute atomic E-state index is 12.0. The molecule has 0 amide bonds. The molecular formula is C22H31N7O2S. The first kappa shape index (κ1) is 22.5. The van der Waals surface area contributed by atoms with Gasteiger partial charge in [-0.15, -0.1) is 0 Å². The van der Waals surface area contributed by atoms with Gasteiger partial charge in [0.05, 0.1) is 5.52 Å². The Balaban J connectivity index is 1.63. The molecule has 172 valence electrons. The van der Waals surface area contributed by atoms with Crippen molar-refractivity contribution in [3.8, 4) is 0 Å². The lowest BCUT2D eigenvalue weighted by Gasteiger charge is -2.42. The predicted molar refractivity (Wildman–Crippen MR) is 128 cm³/mol. The summed E-state index contributed by atoms with van der Waals surface area (Å²) in [7, 11) is -2.59. The highest BCUT2D eigenvalue weighted by Gasteiger charge is 2.36. The van der Waals surface area contributed by atoms with E-state index in [9.17, 15) is 8.42 Å². The number of rotatable bonds is 8. The van der Waals surface area contributed by atoms with E-state index in [1.807, 2.05) is 31.2 Å². The van der Waals surface area contributed by atoms with Crippen LogP contribution in [-0.2, 0) is 10.9 Å². The summed E-state index contributed by atoms with van der Waals surface area (Å²) in [6.07, 6.45) is 5.86. The van der Waals surface area contributed by atoms with Crippen molar-refractivity contribution in [3.63, 3.8) is 0 Å². The van der Waals surface area contributed by atoms with Gasteiger partial charge in [0, 0.05) is 47.5 Å². The number of nitrogens with zero attached hydrogens (tertiary/aromatic N) is 4. The Labute approximate surface area is 190 Å². The highest BCUT2D eigenvalue weighted by molar-refractivity contribution is 7.69. The number of nitrogens with one attached hydrogen (secondary N) is 3. The molecule has 0 aliphatic carbocycles. The summed E-state index contributed by atoms with van der Waals surface area (Å²) < 4.78 is 25.7. The molecule has 0 spiro atoms. The first-order chi connectivity index (χ1) is 15.5. The third-order valence-electron chi connectivity index (χ3n) is 6.05. The molecule has 4 heterocycles.